The fourth-order valence-corrected chi connectivity index (χ4v) is 2.28. The second-order valence-electron chi connectivity index (χ2n) is 7.11. The van der Waals surface area contributed by atoms with Crippen LogP contribution in [0.15, 0.2) is 4.99 Å². The lowest BCUT2D eigenvalue weighted by Gasteiger charge is -2.35. The van der Waals surface area contributed by atoms with Crippen molar-refractivity contribution in [3.8, 4) is 0 Å². The topological polar surface area (TPSA) is 69.2 Å². The van der Waals surface area contributed by atoms with Crippen molar-refractivity contribution in [1.82, 2.24) is 20.4 Å². The minimum Gasteiger partial charge on any atom is -0.444 e. The quantitative estimate of drug-likeness (QED) is 0.384. The summed E-state index contributed by atoms with van der Waals surface area (Å²) in [5.74, 6) is 0.826. The van der Waals surface area contributed by atoms with Gasteiger partial charge in [0.15, 0.2) is 5.96 Å². The number of guanidine groups is 1. The summed E-state index contributed by atoms with van der Waals surface area (Å²) in [5, 5.41) is 6.57. The number of rotatable bonds is 4. The Kier molecular flexibility index (Phi) is 10.6. The number of nitrogens with zero attached hydrogens (tertiary/aromatic N) is 3. The van der Waals surface area contributed by atoms with Gasteiger partial charge in [0.05, 0.1) is 0 Å². The molecule has 2 N–H and O–H groups in total. The molecular formula is C16H34IN5O2. The number of carbonyl (C=O) groups is 1. The fraction of sp³-hybridized carbons (Fsp3) is 0.875. The maximum Gasteiger partial charge on any atom is 0.410 e. The molecule has 0 aromatic rings. The molecule has 1 amide bonds. The van der Waals surface area contributed by atoms with Crippen molar-refractivity contribution < 1.29 is 9.53 Å². The number of hydrogen-bond acceptors (Lipinski definition) is 4. The van der Waals surface area contributed by atoms with Crippen LogP contribution in [-0.4, -0.2) is 79.8 Å². The standard InChI is InChI=1S/C16H33N5O2.HI/c1-13(2)19-14(17-6)18-7-8-20-9-11-21(12-10-20)15(22)23-16(3,4)5;/h13H,7-12H2,1-6H3,(H2,17,18,19);1H. The summed E-state index contributed by atoms with van der Waals surface area (Å²) in [6.45, 7) is 14.8. The summed E-state index contributed by atoms with van der Waals surface area (Å²) in [6.07, 6.45) is -0.211. The lowest BCUT2D eigenvalue weighted by atomic mass is 10.2. The van der Waals surface area contributed by atoms with Crippen LogP contribution in [0, 0.1) is 0 Å². The van der Waals surface area contributed by atoms with E-state index in [1.54, 1.807) is 11.9 Å². The summed E-state index contributed by atoms with van der Waals surface area (Å²) in [4.78, 5) is 20.3. The maximum absolute atomic E-state index is 12.0. The predicted octanol–water partition coefficient (Wildman–Crippen LogP) is 1.73. The van der Waals surface area contributed by atoms with Crippen molar-refractivity contribution >= 4 is 36.0 Å². The maximum atomic E-state index is 12.0. The molecule has 1 fully saturated rings. The molecule has 1 saturated heterocycles. The molecule has 0 radical (unpaired) electrons. The highest BCUT2D eigenvalue weighted by Gasteiger charge is 2.25. The Morgan fingerprint density at radius 2 is 1.79 bits per heavy atom. The van der Waals surface area contributed by atoms with E-state index < -0.39 is 5.60 Å². The van der Waals surface area contributed by atoms with E-state index in [2.05, 4.69) is 34.4 Å². The first-order valence-electron chi connectivity index (χ1n) is 8.38. The van der Waals surface area contributed by atoms with Gasteiger partial charge in [-0.2, -0.15) is 0 Å². The van der Waals surface area contributed by atoms with Gasteiger partial charge in [-0.1, -0.05) is 0 Å². The van der Waals surface area contributed by atoms with Gasteiger partial charge < -0.3 is 20.3 Å². The predicted molar refractivity (Wildman–Crippen MR) is 109 cm³/mol. The minimum absolute atomic E-state index is 0. The number of ether oxygens (including phenoxy) is 1. The average Bonchev–Trinajstić information content (AvgIpc) is 2.44. The average molecular weight is 455 g/mol. The number of piperazine rings is 1. The van der Waals surface area contributed by atoms with Crippen LogP contribution < -0.4 is 10.6 Å². The lowest BCUT2D eigenvalue weighted by Crippen LogP contribution is -2.52. The summed E-state index contributed by atoms with van der Waals surface area (Å²) in [7, 11) is 1.78. The first-order chi connectivity index (χ1) is 10.7. The molecule has 1 aliphatic heterocycles. The van der Waals surface area contributed by atoms with Gasteiger partial charge in [0, 0.05) is 52.4 Å². The van der Waals surface area contributed by atoms with Crippen LogP contribution in [-0.2, 0) is 4.74 Å². The van der Waals surface area contributed by atoms with E-state index in [1.165, 1.54) is 0 Å². The number of halogens is 1. The highest BCUT2D eigenvalue weighted by molar-refractivity contribution is 14.0. The minimum atomic E-state index is -0.433. The Hall–Kier alpha value is -0.770. The van der Waals surface area contributed by atoms with E-state index in [4.69, 9.17) is 4.74 Å². The third kappa shape index (κ3) is 9.51. The molecule has 8 heteroatoms. The third-order valence-corrected chi connectivity index (χ3v) is 3.39. The van der Waals surface area contributed by atoms with Crippen LogP contribution in [0.4, 0.5) is 4.79 Å². The van der Waals surface area contributed by atoms with E-state index in [1.807, 2.05) is 20.8 Å². The van der Waals surface area contributed by atoms with Gasteiger partial charge in [-0.3, -0.25) is 9.89 Å². The van der Waals surface area contributed by atoms with Gasteiger partial charge in [-0.25, -0.2) is 4.79 Å². The molecule has 0 bridgehead atoms. The van der Waals surface area contributed by atoms with Crippen LogP contribution >= 0.6 is 24.0 Å². The van der Waals surface area contributed by atoms with Crippen LogP contribution in [0.1, 0.15) is 34.6 Å². The van der Waals surface area contributed by atoms with Gasteiger partial charge in [0.2, 0.25) is 0 Å². The zero-order chi connectivity index (χ0) is 17.5. The van der Waals surface area contributed by atoms with E-state index in [9.17, 15) is 4.79 Å². The Morgan fingerprint density at radius 3 is 2.25 bits per heavy atom. The summed E-state index contributed by atoms with van der Waals surface area (Å²) in [5.41, 5.74) is -0.433. The van der Waals surface area contributed by atoms with Gasteiger partial charge >= 0.3 is 6.09 Å². The van der Waals surface area contributed by atoms with E-state index in [-0.39, 0.29) is 30.1 Å². The molecule has 1 heterocycles. The molecule has 1 rings (SSSR count). The molecule has 0 saturated carbocycles. The number of aliphatic imine (C=N–C) groups is 1. The Labute approximate surface area is 163 Å². The molecule has 0 aromatic carbocycles. The van der Waals surface area contributed by atoms with Crippen LogP contribution in [0.2, 0.25) is 0 Å². The second kappa shape index (κ2) is 11.0. The summed E-state index contributed by atoms with van der Waals surface area (Å²) >= 11 is 0. The van der Waals surface area contributed by atoms with Crippen molar-refractivity contribution in [2.75, 3.05) is 46.3 Å². The monoisotopic (exact) mass is 455 g/mol. The van der Waals surface area contributed by atoms with Crippen molar-refractivity contribution in [3.63, 3.8) is 0 Å². The smallest absolute Gasteiger partial charge is 0.410 e. The van der Waals surface area contributed by atoms with E-state index >= 15 is 0 Å². The van der Waals surface area contributed by atoms with E-state index in [0.29, 0.717) is 19.1 Å². The number of carbonyl (C=O) groups excluding carboxylic acids is 1. The van der Waals surface area contributed by atoms with Gasteiger partial charge in [0.25, 0.3) is 0 Å². The Balaban J connectivity index is 0.00000529. The van der Waals surface area contributed by atoms with Crippen LogP contribution in [0.25, 0.3) is 0 Å². The molecule has 142 valence electrons. The highest BCUT2D eigenvalue weighted by atomic mass is 127. The number of amides is 1. The molecule has 0 unspecified atom stereocenters. The molecule has 0 aliphatic carbocycles. The second-order valence-corrected chi connectivity index (χ2v) is 7.11. The normalized spacial score (nSPS) is 16.6. The molecular weight excluding hydrogens is 421 g/mol. The molecule has 7 nitrogen and oxygen atoms in total. The Morgan fingerprint density at radius 1 is 1.21 bits per heavy atom. The third-order valence-electron chi connectivity index (χ3n) is 3.39. The molecule has 24 heavy (non-hydrogen) atoms. The first-order valence-corrected chi connectivity index (χ1v) is 8.38. The fourth-order valence-electron chi connectivity index (χ4n) is 2.28. The zero-order valence-corrected chi connectivity index (χ0v) is 18.2. The van der Waals surface area contributed by atoms with Crippen molar-refractivity contribution in [2.24, 2.45) is 4.99 Å². The summed E-state index contributed by atoms with van der Waals surface area (Å²) < 4.78 is 5.41. The SMILES string of the molecule is CN=C(NCCN1CCN(C(=O)OC(C)(C)C)CC1)NC(C)C.I. The van der Waals surface area contributed by atoms with Crippen molar-refractivity contribution in [2.45, 2.75) is 46.3 Å². The van der Waals surface area contributed by atoms with Crippen LogP contribution in [0.5, 0.6) is 0 Å². The number of nitrogens with one attached hydrogen (secondary N) is 2. The van der Waals surface area contributed by atoms with Crippen LogP contribution in [0.3, 0.4) is 0 Å². The first kappa shape index (κ1) is 23.2. The molecule has 0 spiro atoms. The highest BCUT2D eigenvalue weighted by Crippen LogP contribution is 2.11. The van der Waals surface area contributed by atoms with Crippen molar-refractivity contribution in [1.29, 1.82) is 0 Å². The zero-order valence-electron chi connectivity index (χ0n) is 15.9. The van der Waals surface area contributed by atoms with Gasteiger partial charge in [0.1, 0.15) is 5.60 Å². The largest absolute Gasteiger partial charge is 0.444 e. The summed E-state index contributed by atoms with van der Waals surface area (Å²) in [6, 6.07) is 0.360. The molecule has 0 atom stereocenters. The van der Waals surface area contributed by atoms with Gasteiger partial charge in [-0.15, -0.1) is 24.0 Å². The lowest BCUT2D eigenvalue weighted by molar-refractivity contribution is 0.0147. The van der Waals surface area contributed by atoms with Gasteiger partial charge in [-0.05, 0) is 34.6 Å². The molecule has 1 aliphatic rings. The van der Waals surface area contributed by atoms with Crippen molar-refractivity contribution in [3.05, 3.63) is 0 Å². The molecule has 0 aromatic heterocycles. The van der Waals surface area contributed by atoms with E-state index in [0.717, 1.165) is 32.1 Å². The number of hydrogen-bond donors (Lipinski definition) is 2. The Bertz CT molecular complexity index is 402.